The van der Waals surface area contributed by atoms with Crippen LogP contribution in [0.3, 0.4) is 0 Å². The maximum Gasteiger partial charge on any atom is 0.383 e. The number of amides is 1. The molecule has 0 saturated heterocycles. The maximum absolute atomic E-state index is 12.7. The molecule has 0 aromatic carbocycles. The summed E-state index contributed by atoms with van der Waals surface area (Å²) in [6.45, 7) is -0.245. The lowest BCUT2D eigenvalue weighted by atomic mass is 9.85. The molecule has 1 fully saturated rings. The zero-order chi connectivity index (χ0) is 13.1. The van der Waals surface area contributed by atoms with Crippen molar-refractivity contribution in [1.82, 2.24) is 5.32 Å². The van der Waals surface area contributed by atoms with E-state index in [4.69, 9.17) is 5.11 Å². The van der Waals surface area contributed by atoms with E-state index in [1.165, 1.54) is 0 Å². The van der Waals surface area contributed by atoms with Gasteiger partial charge in [0.2, 0.25) is 0 Å². The van der Waals surface area contributed by atoms with Crippen molar-refractivity contribution in [2.24, 2.45) is 5.92 Å². The highest BCUT2D eigenvalue weighted by Crippen LogP contribution is 2.27. The molecular formula is C10H15F4NO2. The zero-order valence-electron chi connectivity index (χ0n) is 9.13. The van der Waals surface area contributed by atoms with Crippen LogP contribution in [-0.4, -0.2) is 36.0 Å². The number of aliphatic hydroxyl groups is 1. The van der Waals surface area contributed by atoms with Crippen molar-refractivity contribution in [3.8, 4) is 0 Å². The molecule has 0 aromatic heterocycles. The number of hydrogen-bond donors (Lipinski definition) is 2. The van der Waals surface area contributed by atoms with Crippen molar-refractivity contribution < 1.29 is 27.5 Å². The minimum atomic E-state index is -4.67. The van der Waals surface area contributed by atoms with Gasteiger partial charge in [-0.3, -0.25) is 4.79 Å². The van der Waals surface area contributed by atoms with Crippen molar-refractivity contribution in [3.63, 3.8) is 0 Å². The summed E-state index contributed by atoms with van der Waals surface area (Å²) in [4.78, 5) is 11.0. The first-order valence-corrected chi connectivity index (χ1v) is 5.47. The Morgan fingerprint density at radius 3 is 2.47 bits per heavy atom. The molecule has 1 aliphatic rings. The highest BCUT2D eigenvalue weighted by atomic mass is 19.3. The van der Waals surface area contributed by atoms with Gasteiger partial charge in [-0.25, -0.2) is 8.78 Å². The van der Waals surface area contributed by atoms with Crippen LogP contribution < -0.4 is 5.32 Å². The second-order valence-electron chi connectivity index (χ2n) is 4.23. The highest BCUT2D eigenvalue weighted by molar-refractivity contribution is 5.84. The van der Waals surface area contributed by atoms with E-state index in [2.05, 4.69) is 0 Å². The van der Waals surface area contributed by atoms with Gasteiger partial charge >= 0.3 is 12.3 Å². The van der Waals surface area contributed by atoms with Crippen LogP contribution in [-0.2, 0) is 4.79 Å². The van der Waals surface area contributed by atoms with Crippen LogP contribution in [0.15, 0.2) is 0 Å². The highest BCUT2D eigenvalue weighted by Gasteiger charge is 2.49. The Morgan fingerprint density at radius 1 is 1.35 bits per heavy atom. The topological polar surface area (TPSA) is 49.3 Å². The smallest absolute Gasteiger partial charge is 0.383 e. The Morgan fingerprint density at radius 2 is 1.94 bits per heavy atom. The number of nitrogens with one attached hydrogen (secondary N) is 1. The Labute approximate surface area is 96.2 Å². The molecule has 0 aromatic rings. The summed E-state index contributed by atoms with van der Waals surface area (Å²) in [5.41, 5.74) is 0. The molecule has 0 aliphatic heterocycles. The third-order valence-electron chi connectivity index (χ3n) is 3.04. The Kier molecular flexibility index (Phi) is 4.73. The largest absolute Gasteiger partial charge is 0.396 e. The van der Waals surface area contributed by atoms with Crippen molar-refractivity contribution in [3.05, 3.63) is 0 Å². The molecule has 1 rings (SSSR count). The van der Waals surface area contributed by atoms with E-state index in [-0.39, 0.29) is 12.5 Å². The molecule has 1 amide bonds. The molecule has 2 N–H and O–H groups in total. The first kappa shape index (κ1) is 14.2. The van der Waals surface area contributed by atoms with Crippen molar-refractivity contribution >= 4 is 5.91 Å². The molecule has 0 heterocycles. The summed E-state index contributed by atoms with van der Waals surface area (Å²) in [5.74, 6) is -6.96. The van der Waals surface area contributed by atoms with E-state index in [1.54, 1.807) is 0 Å². The van der Waals surface area contributed by atoms with Gasteiger partial charge < -0.3 is 10.4 Å². The molecule has 7 heteroatoms. The summed E-state index contributed by atoms with van der Waals surface area (Å²) in [7, 11) is 0. The Bertz CT molecular complexity index is 273. The Balaban J connectivity index is 2.60. The number of alkyl halides is 4. The SMILES string of the molecule is O=C(NC1CCCCC1CO)C(F)(F)C(F)F. The molecule has 0 bridgehead atoms. The summed E-state index contributed by atoms with van der Waals surface area (Å²) in [5, 5.41) is 10.9. The van der Waals surface area contributed by atoms with Gasteiger partial charge in [0.25, 0.3) is 5.91 Å². The second-order valence-corrected chi connectivity index (χ2v) is 4.23. The van der Waals surface area contributed by atoms with Gasteiger partial charge in [-0.1, -0.05) is 12.8 Å². The van der Waals surface area contributed by atoms with Gasteiger partial charge in [-0.05, 0) is 12.8 Å². The normalized spacial score (nSPS) is 26.0. The van der Waals surface area contributed by atoms with Crippen LogP contribution >= 0.6 is 0 Å². The number of rotatable bonds is 4. The Hall–Kier alpha value is -0.850. The summed E-state index contributed by atoms with van der Waals surface area (Å²) >= 11 is 0. The lowest BCUT2D eigenvalue weighted by molar-refractivity contribution is -0.170. The first-order chi connectivity index (χ1) is 7.89. The van der Waals surface area contributed by atoms with E-state index in [0.29, 0.717) is 12.8 Å². The van der Waals surface area contributed by atoms with Gasteiger partial charge in [0.05, 0.1) is 0 Å². The van der Waals surface area contributed by atoms with Gasteiger partial charge in [0.1, 0.15) is 0 Å². The second kappa shape index (κ2) is 5.66. The predicted molar refractivity (Wildman–Crippen MR) is 51.9 cm³/mol. The number of hydrogen-bond acceptors (Lipinski definition) is 2. The van der Waals surface area contributed by atoms with Crippen LogP contribution in [0.1, 0.15) is 25.7 Å². The van der Waals surface area contributed by atoms with Gasteiger partial charge in [0, 0.05) is 18.6 Å². The molecule has 0 spiro atoms. The fraction of sp³-hybridized carbons (Fsp3) is 0.900. The third-order valence-corrected chi connectivity index (χ3v) is 3.04. The zero-order valence-corrected chi connectivity index (χ0v) is 9.13. The minimum absolute atomic E-state index is 0.245. The molecule has 17 heavy (non-hydrogen) atoms. The minimum Gasteiger partial charge on any atom is -0.396 e. The van der Waals surface area contributed by atoms with Crippen molar-refractivity contribution in [2.45, 2.75) is 44.1 Å². The van der Waals surface area contributed by atoms with E-state index < -0.39 is 24.3 Å². The molecule has 2 atom stereocenters. The van der Waals surface area contributed by atoms with Crippen LogP contribution in [0.5, 0.6) is 0 Å². The van der Waals surface area contributed by atoms with E-state index in [1.807, 2.05) is 5.32 Å². The molecule has 100 valence electrons. The first-order valence-electron chi connectivity index (χ1n) is 5.47. The average molecular weight is 257 g/mol. The molecule has 0 radical (unpaired) electrons. The molecule has 3 nitrogen and oxygen atoms in total. The quantitative estimate of drug-likeness (QED) is 0.751. The molecular weight excluding hydrogens is 242 g/mol. The van der Waals surface area contributed by atoms with Gasteiger partial charge in [0.15, 0.2) is 0 Å². The lowest BCUT2D eigenvalue weighted by Crippen LogP contribution is -2.52. The average Bonchev–Trinajstić information content (AvgIpc) is 2.29. The number of halogens is 4. The monoisotopic (exact) mass is 257 g/mol. The van der Waals surface area contributed by atoms with Gasteiger partial charge in [-0.15, -0.1) is 0 Å². The van der Waals surface area contributed by atoms with Crippen LogP contribution in [0.25, 0.3) is 0 Å². The summed E-state index contributed by atoms with van der Waals surface area (Å²) in [6.07, 6.45) is -1.43. The van der Waals surface area contributed by atoms with Crippen LogP contribution in [0, 0.1) is 5.92 Å². The van der Waals surface area contributed by atoms with Gasteiger partial charge in [-0.2, -0.15) is 8.78 Å². The van der Waals surface area contributed by atoms with Crippen LogP contribution in [0.4, 0.5) is 17.6 Å². The fourth-order valence-electron chi connectivity index (χ4n) is 1.98. The van der Waals surface area contributed by atoms with Crippen molar-refractivity contribution in [1.29, 1.82) is 0 Å². The van der Waals surface area contributed by atoms with E-state index in [9.17, 15) is 22.4 Å². The summed E-state index contributed by atoms with van der Waals surface area (Å²) in [6, 6.07) is -0.647. The predicted octanol–water partition coefficient (Wildman–Crippen LogP) is 1.55. The standard InChI is InChI=1S/C10H15F4NO2/c11-8(12)10(13,14)9(17)15-7-4-2-1-3-6(7)5-16/h6-8,16H,1-5H2,(H,15,17). The number of carbonyl (C=O) groups is 1. The maximum atomic E-state index is 12.7. The third kappa shape index (κ3) is 3.31. The fourth-order valence-corrected chi connectivity index (χ4v) is 1.98. The molecule has 1 saturated carbocycles. The summed E-state index contributed by atoms with van der Waals surface area (Å²) < 4.78 is 49.3. The number of aliphatic hydroxyl groups excluding tert-OH is 1. The molecule has 2 unspecified atom stereocenters. The lowest BCUT2D eigenvalue weighted by Gasteiger charge is -2.31. The van der Waals surface area contributed by atoms with E-state index >= 15 is 0 Å². The molecule has 1 aliphatic carbocycles. The van der Waals surface area contributed by atoms with E-state index in [0.717, 1.165) is 12.8 Å². The van der Waals surface area contributed by atoms with Crippen LogP contribution in [0.2, 0.25) is 0 Å². The van der Waals surface area contributed by atoms with Crippen molar-refractivity contribution in [2.75, 3.05) is 6.61 Å². The number of carbonyl (C=O) groups excluding carboxylic acids is 1.